The molecular weight excluding hydrogens is 242 g/mol. The van der Waals surface area contributed by atoms with Crippen molar-refractivity contribution in [2.45, 2.75) is 13.0 Å². The minimum Gasteiger partial charge on any atom is -0.355 e. The number of thioether (sulfide) groups is 1. The molecule has 0 bridgehead atoms. The van der Waals surface area contributed by atoms with Gasteiger partial charge in [0.2, 0.25) is 0 Å². The lowest BCUT2D eigenvalue weighted by atomic mass is 10.2. The van der Waals surface area contributed by atoms with E-state index in [4.69, 9.17) is 16.9 Å². The van der Waals surface area contributed by atoms with Gasteiger partial charge in [-0.1, -0.05) is 11.6 Å². The summed E-state index contributed by atoms with van der Waals surface area (Å²) in [4.78, 5) is 6.22. The first-order valence-corrected chi connectivity index (χ1v) is 6.65. The standard InChI is InChI=1S/C11H14ClN3S/c1-8(7-16-3)15(2)11-10(12)9(6-13)4-5-14-11/h4-5,8H,7H2,1-3H3. The van der Waals surface area contributed by atoms with Gasteiger partial charge in [-0.05, 0) is 19.2 Å². The second-order valence-corrected chi connectivity index (χ2v) is 4.81. The first-order chi connectivity index (χ1) is 7.61. The van der Waals surface area contributed by atoms with E-state index < -0.39 is 0 Å². The van der Waals surface area contributed by atoms with Gasteiger partial charge >= 0.3 is 0 Å². The van der Waals surface area contributed by atoms with Crippen LogP contribution in [0.4, 0.5) is 5.82 Å². The summed E-state index contributed by atoms with van der Waals surface area (Å²) in [5.41, 5.74) is 0.467. The Kier molecular flexibility index (Phi) is 4.91. The van der Waals surface area contributed by atoms with E-state index in [0.717, 1.165) is 5.75 Å². The summed E-state index contributed by atoms with van der Waals surface area (Å²) in [6, 6.07) is 4.01. The van der Waals surface area contributed by atoms with E-state index in [1.54, 1.807) is 24.0 Å². The molecule has 5 heteroatoms. The van der Waals surface area contributed by atoms with Gasteiger partial charge in [0.25, 0.3) is 0 Å². The molecule has 1 rings (SSSR count). The molecule has 3 nitrogen and oxygen atoms in total. The zero-order chi connectivity index (χ0) is 12.1. The van der Waals surface area contributed by atoms with Crippen molar-refractivity contribution < 1.29 is 0 Å². The molecule has 0 amide bonds. The fraction of sp³-hybridized carbons (Fsp3) is 0.455. The number of rotatable bonds is 4. The van der Waals surface area contributed by atoms with E-state index in [0.29, 0.717) is 22.4 Å². The van der Waals surface area contributed by atoms with Gasteiger partial charge in [0, 0.05) is 25.0 Å². The maximum absolute atomic E-state index is 8.88. The molecule has 86 valence electrons. The highest BCUT2D eigenvalue weighted by molar-refractivity contribution is 7.98. The van der Waals surface area contributed by atoms with Gasteiger partial charge in [0.1, 0.15) is 16.9 Å². The van der Waals surface area contributed by atoms with Crippen molar-refractivity contribution in [1.82, 2.24) is 4.98 Å². The first kappa shape index (κ1) is 13.1. The summed E-state index contributed by atoms with van der Waals surface area (Å²) in [6.45, 7) is 2.10. The van der Waals surface area contributed by atoms with Crippen LogP contribution in [0.2, 0.25) is 5.02 Å². The molecule has 1 unspecified atom stereocenters. The molecule has 0 aliphatic rings. The Morgan fingerprint density at radius 3 is 2.94 bits per heavy atom. The van der Waals surface area contributed by atoms with Crippen LogP contribution < -0.4 is 4.90 Å². The maximum Gasteiger partial charge on any atom is 0.148 e. The van der Waals surface area contributed by atoms with Crippen LogP contribution in [-0.4, -0.2) is 30.1 Å². The predicted octanol–water partition coefficient (Wildman–Crippen LogP) is 2.79. The lowest BCUT2D eigenvalue weighted by molar-refractivity contribution is 0.753. The zero-order valence-corrected chi connectivity index (χ0v) is 11.1. The van der Waals surface area contributed by atoms with Crippen LogP contribution >= 0.6 is 23.4 Å². The predicted molar refractivity (Wildman–Crippen MR) is 70.2 cm³/mol. The Labute approximate surface area is 105 Å². The molecule has 0 fully saturated rings. The summed E-state index contributed by atoms with van der Waals surface area (Å²) in [5.74, 6) is 1.66. The van der Waals surface area contributed by atoms with Crippen molar-refractivity contribution in [2.24, 2.45) is 0 Å². The molecule has 0 saturated carbocycles. The van der Waals surface area contributed by atoms with Gasteiger partial charge < -0.3 is 4.90 Å². The summed E-state index contributed by atoms with van der Waals surface area (Å²) >= 11 is 7.89. The van der Waals surface area contributed by atoms with Crippen LogP contribution in [0.5, 0.6) is 0 Å². The monoisotopic (exact) mass is 255 g/mol. The summed E-state index contributed by atoms with van der Waals surface area (Å²) in [6.07, 6.45) is 3.67. The second-order valence-electron chi connectivity index (χ2n) is 3.52. The Bertz CT molecular complexity index is 403. The fourth-order valence-corrected chi connectivity index (χ4v) is 2.32. The van der Waals surface area contributed by atoms with Crippen LogP contribution in [0.1, 0.15) is 12.5 Å². The minimum absolute atomic E-state index is 0.328. The number of aromatic nitrogens is 1. The summed E-state index contributed by atoms with van der Waals surface area (Å²) in [7, 11) is 1.94. The highest BCUT2D eigenvalue weighted by Gasteiger charge is 2.15. The number of anilines is 1. The Hall–Kier alpha value is -0.920. The van der Waals surface area contributed by atoms with E-state index in [1.165, 1.54) is 0 Å². The topological polar surface area (TPSA) is 39.9 Å². The number of hydrogen-bond donors (Lipinski definition) is 0. The van der Waals surface area contributed by atoms with Crippen LogP contribution in [0, 0.1) is 11.3 Å². The van der Waals surface area contributed by atoms with E-state index in [1.807, 2.05) is 11.9 Å². The van der Waals surface area contributed by atoms with Crippen LogP contribution in [0.25, 0.3) is 0 Å². The Balaban J connectivity index is 3.00. The smallest absolute Gasteiger partial charge is 0.148 e. The molecule has 0 aromatic carbocycles. The van der Waals surface area contributed by atoms with E-state index >= 15 is 0 Å². The van der Waals surface area contributed by atoms with E-state index in [9.17, 15) is 0 Å². The van der Waals surface area contributed by atoms with Crippen molar-refractivity contribution in [2.75, 3.05) is 24.0 Å². The van der Waals surface area contributed by atoms with Crippen LogP contribution in [0.15, 0.2) is 12.3 Å². The minimum atomic E-state index is 0.328. The highest BCUT2D eigenvalue weighted by atomic mass is 35.5. The average Bonchev–Trinajstić information content (AvgIpc) is 2.29. The van der Waals surface area contributed by atoms with Crippen molar-refractivity contribution in [1.29, 1.82) is 5.26 Å². The average molecular weight is 256 g/mol. The molecule has 0 aliphatic carbocycles. The highest BCUT2D eigenvalue weighted by Crippen LogP contribution is 2.27. The normalized spacial score (nSPS) is 11.9. The van der Waals surface area contributed by atoms with Gasteiger partial charge in [-0.15, -0.1) is 0 Å². The third-order valence-electron chi connectivity index (χ3n) is 2.39. The maximum atomic E-state index is 8.88. The molecule has 0 radical (unpaired) electrons. The quantitative estimate of drug-likeness (QED) is 0.830. The van der Waals surface area contributed by atoms with Gasteiger partial charge in [-0.2, -0.15) is 17.0 Å². The first-order valence-electron chi connectivity index (χ1n) is 4.88. The van der Waals surface area contributed by atoms with Crippen molar-refractivity contribution >= 4 is 29.2 Å². The third kappa shape index (κ3) is 2.81. The van der Waals surface area contributed by atoms with Crippen LogP contribution in [0.3, 0.4) is 0 Å². The molecule has 0 saturated heterocycles. The molecule has 1 aromatic heterocycles. The number of halogens is 1. The molecule has 1 atom stereocenters. The van der Waals surface area contributed by atoms with Crippen molar-refractivity contribution in [3.8, 4) is 6.07 Å². The lowest BCUT2D eigenvalue weighted by Crippen LogP contribution is -2.31. The summed E-state index contributed by atoms with van der Waals surface area (Å²) in [5, 5.41) is 9.31. The van der Waals surface area contributed by atoms with Gasteiger partial charge in [0.15, 0.2) is 0 Å². The van der Waals surface area contributed by atoms with Crippen molar-refractivity contribution in [3.63, 3.8) is 0 Å². The van der Waals surface area contributed by atoms with Crippen LogP contribution in [-0.2, 0) is 0 Å². The number of hydrogen-bond acceptors (Lipinski definition) is 4. The Morgan fingerprint density at radius 2 is 2.38 bits per heavy atom. The number of pyridine rings is 1. The molecule has 0 spiro atoms. The summed E-state index contributed by atoms with van der Waals surface area (Å²) < 4.78 is 0. The number of nitriles is 1. The molecule has 1 heterocycles. The SMILES string of the molecule is CSCC(C)N(C)c1nccc(C#N)c1Cl. The van der Waals surface area contributed by atoms with Gasteiger partial charge in [-0.3, -0.25) is 0 Å². The molecule has 0 aliphatic heterocycles. The Morgan fingerprint density at radius 1 is 1.69 bits per heavy atom. The van der Waals surface area contributed by atoms with E-state index in [2.05, 4.69) is 24.2 Å². The molecular formula is C11H14ClN3S. The largest absolute Gasteiger partial charge is 0.355 e. The van der Waals surface area contributed by atoms with Gasteiger partial charge in [-0.25, -0.2) is 4.98 Å². The molecule has 1 aromatic rings. The lowest BCUT2D eigenvalue weighted by Gasteiger charge is -2.26. The van der Waals surface area contributed by atoms with E-state index in [-0.39, 0.29) is 0 Å². The molecule has 0 N–H and O–H groups in total. The van der Waals surface area contributed by atoms with Crippen molar-refractivity contribution in [3.05, 3.63) is 22.8 Å². The third-order valence-corrected chi connectivity index (χ3v) is 3.58. The number of nitrogens with zero attached hydrogens (tertiary/aromatic N) is 3. The van der Waals surface area contributed by atoms with Gasteiger partial charge in [0.05, 0.1) is 5.56 Å². The zero-order valence-electron chi connectivity index (χ0n) is 9.57. The molecule has 16 heavy (non-hydrogen) atoms. The fourth-order valence-electron chi connectivity index (χ4n) is 1.33. The second kappa shape index (κ2) is 5.97.